The van der Waals surface area contributed by atoms with Gasteiger partial charge >= 0.3 is 6.21 Å². The number of hydrogen-bond donors (Lipinski definition) is 1. The van der Waals surface area contributed by atoms with Crippen LogP contribution in [-0.2, 0) is 10.0 Å². The molecule has 1 N–H and O–H groups in total. The van der Waals surface area contributed by atoms with Crippen LogP contribution in [-0.4, -0.2) is 32.3 Å². The van der Waals surface area contributed by atoms with Gasteiger partial charge in [-0.15, -0.1) is 0 Å². The van der Waals surface area contributed by atoms with Gasteiger partial charge in [0.25, 0.3) is 15.8 Å². The van der Waals surface area contributed by atoms with Gasteiger partial charge < -0.3 is 10.3 Å². The van der Waals surface area contributed by atoms with Crippen LogP contribution in [0.5, 0.6) is 5.75 Å². The van der Waals surface area contributed by atoms with Crippen LogP contribution in [0, 0.1) is 6.92 Å². The molecule has 24 heavy (non-hydrogen) atoms. The van der Waals surface area contributed by atoms with Gasteiger partial charge in [0.05, 0.1) is 23.3 Å². The van der Waals surface area contributed by atoms with Crippen molar-refractivity contribution in [2.75, 3.05) is 11.8 Å². The van der Waals surface area contributed by atoms with E-state index in [4.69, 9.17) is 10.3 Å². The van der Waals surface area contributed by atoms with Crippen LogP contribution in [0.3, 0.4) is 0 Å². The normalized spacial score (nSPS) is 10.6. The summed E-state index contributed by atoms with van der Waals surface area (Å²) in [7, 11) is -2.45. The molecule has 0 amide bonds. The lowest BCUT2D eigenvalue weighted by molar-refractivity contribution is 0.00235. The molecule has 2 rings (SSSR count). The van der Waals surface area contributed by atoms with E-state index in [0.717, 1.165) is 5.56 Å². The predicted molar refractivity (Wildman–Crippen MR) is 89.0 cm³/mol. The van der Waals surface area contributed by atoms with Gasteiger partial charge in [0.15, 0.2) is 0 Å². The number of benzene rings is 2. The molecule has 0 heterocycles. The first-order valence-electron chi connectivity index (χ1n) is 6.86. The SMILES string of the molecule is COc1ccc(NS(=O)(=O)c2ccc(C)cc2)c(C(=O)C=[N+]=[N-])c1. The third-order valence-electron chi connectivity index (χ3n) is 3.24. The molecule has 0 fully saturated rings. The molecule has 0 bridgehead atoms. The second-order valence-corrected chi connectivity index (χ2v) is 6.62. The molecule has 0 aliphatic heterocycles. The fourth-order valence-corrected chi connectivity index (χ4v) is 3.07. The summed E-state index contributed by atoms with van der Waals surface area (Å²) in [5.41, 5.74) is 9.51. The van der Waals surface area contributed by atoms with E-state index < -0.39 is 15.8 Å². The average Bonchev–Trinajstić information content (AvgIpc) is 2.55. The zero-order chi connectivity index (χ0) is 17.7. The summed E-state index contributed by atoms with van der Waals surface area (Å²) in [4.78, 5) is 14.7. The molecular weight excluding hydrogens is 330 g/mol. The van der Waals surface area contributed by atoms with Gasteiger partial charge in [-0.1, -0.05) is 17.7 Å². The van der Waals surface area contributed by atoms with Crippen LogP contribution in [0.15, 0.2) is 47.4 Å². The van der Waals surface area contributed by atoms with E-state index in [1.54, 1.807) is 12.1 Å². The Bertz CT molecular complexity index is 915. The number of carbonyl (C=O) groups is 1. The molecule has 0 unspecified atom stereocenters. The number of ketones is 1. The molecule has 0 aliphatic rings. The summed E-state index contributed by atoms with van der Waals surface area (Å²) in [6, 6.07) is 10.6. The van der Waals surface area contributed by atoms with Crippen molar-refractivity contribution in [2.45, 2.75) is 11.8 Å². The maximum Gasteiger partial charge on any atom is 0.328 e. The van der Waals surface area contributed by atoms with Crippen LogP contribution in [0.2, 0.25) is 0 Å². The summed E-state index contributed by atoms with van der Waals surface area (Å²) in [5, 5.41) is 0. The lowest BCUT2D eigenvalue weighted by atomic mass is 10.1. The van der Waals surface area contributed by atoms with Crippen LogP contribution >= 0.6 is 0 Å². The smallest absolute Gasteiger partial charge is 0.328 e. The number of nitrogens with one attached hydrogen (secondary N) is 1. The Balaban J connectivity index is 2.46. The van der Waals surface area contributed by atoms with Gasteiger partial charge in [-0.2, -0.15) is 4.79 Å². The van der Waals surface area contributed by atoms with Crippen molar-refractivity contribution in [1.29, 1.82) is 0 Å². The average molecular weight is 345 g/mol. The quantitative estimate of drug-likeness (QED) is 0.375. The highest BCUT2D eigenvalue weighted by atomic mass is 32.2. The van der Waals surface area contributed by atoms with Crippen LogP contribution in [0.25, 0.3) is 5.53 Å². The second kappa shape index (κ2) is 7.08. The van der Waals surface area contributed by atoms with Gasteiger partial charge in [0.1, 0.15) is 5.75 Å². The fraction of sp³-hybridized carbons (Fsp3) is 0.125. The van der Waals surface area contributed by atoms with E-state index in [9.17, 15) is 13.2 Å². The van der Waals surface area contributed by atoms with Crippen molar-refractivity contribution in [3.8, 4) is 5.75 Å². The van der Waals surface area contributed by atoms with Gasteiger partial charge in [0, 0.05) is 0 Å². The molecule has 0 atom stereocenters. The summed E-state index contributed by atoms with van der Waals surface area (Å²) >= 11 is 0. The minimum atomic E-state index is -3.87. The van der Waals surface area contributed by atoms with E-state index in [0.29, 0.717) is 12.0 Å². The summed E-state index contributed by atoms with van der Waals surface area (Å²) < 4.78 is 32.3. The Kier molecular flexibility index (Phi) is 5.13. The van der Waals surface area contributed by atoms with Gasteiger partial charge in [-0.25, -0.2) is 8.42 Å². The number of rotatable bonds is 6. The Labute approximate surface area is 139 Å². The maximum atomic E-state index is 12.5. The van der Waals surface area contributed by atoms with Crippen molar-refractivity contribution in [3.63, 3.8) is 0 Å². The fourth-order valence-electron chi connectivity index (χ4n) is 1.99. The number of Topliss-reactive ketones (excluding diaryl/α,β-unsaturated/α-hetero) is 1. The van der Waals surface area contributed by atoms with Gasteiger partial charge in [0.2, 0.25) is 0 Å². The first-order valence-corrected chi connectivity index (χ1v) is 8.35. The molecule has 0 saturated carbocycles. The molecule has 2 aromatic rings. The van der Waals surface area contributed by atoms with Crippen LogP contribution in [0.1, 0.15) is 15.9 Å². The van der Waals surface area contributed by atoms with E-state index in [-0.39, 0.29) is 16.1 Å². The van der Waals surface area contributed by atoms with Gasteiger partial charge in [-0.05, 0) is 37.3 Å². The predicted octanol–water partition coefficient (Wildman–Crippen LogP) is 2.29. The van der Waals surface area contributed by atoms with Crippen LogP contribution in [0.4, 0.5) is 5.69 Å². The lowest BCUT2D eigenvalue weighted by Crippen LogP contribution is -2.16. The Hall–Kier alpha value is -2.96. The van der Waals surface area contributed by atoms with Crippen molar-refractivity contribution >= 4 is 27.7 Å². The minimum absolute atomic E-state index is 0.00263. The molecule has 2 aromatic carbocycles. The molecule has 0 spiro atoms. The Morgan fingerprint density at radius 1 is 1.21 bits per heavy atom. The Morgan fingerprint density at radius 2 is 1.88 bits per heavy atom. The standard InChI is InChI=1S/C16H15N3O4S/c1-11-3-6-13(7-4-11)24(21,22)19-15-8-5-12(23-2)9-14(15)16(20)10-18-17/h3-10,19H,1-2H3. The number of aryl methyl sites for hydroxylation is 1. The lowest BCUT2D eigenvalue weighted by Gasteiger charge is -2.12. The molecule has 8 heteroatoms. The van der Waals surface area contributed by atoms with E-state index >= 15 is 0 Å². The highest BCUT2D eigenvalue weighted by molar-refractivity contribution is 7.92. The van der Waals surface area contributed by atoms with Crippen LogP contribution < -0.4 is 9.46 Å². The third-order valence-corrected chi connectivity index (χ3v) is 4.62. The van der Waals surface area contributed by atoms with Gasteiger partial charge in [-0.3, -0.25) is 9.52 Å². The van der Waals surface area contributed by atoms with E-state index in [1.807, 2.05) is 6.92 Å². The minimum Gasteiger partial charge on any atom is -0.497 e. The van der Waals surface area contributed by atoms with Crippen molar-refractivity contribution < 1.29 is 22.7 Å². The van der Waals surface area contributed by atoms with E-state index in [1.165, 1.54) is 37.4 Å². The number of nitrogens with zero attached hydrogens (tertiary/aromatic N) is 2. The number of methoxy groups -OCH3 is 1. The highest BCUT2D eigenvalue weighted by Crippen LogP contribution is 2.25. The zero-order valence-corrected chi connectivity index (χ0v) is 13.9. The molecule has 7 nitrogen and oxygen atoms in total. The number of anilines is 1. The molecule has 124 valence electrons. The molecule has 0 saturated heterocycles. The monoisotopic (exact) mass is 345 g/mol. The number of carbonyl (C=O) groups excluding carboxylic acids is 1. The molecule has 0 radical (unpaired) electrons. The molecule has 0 aromatic heterocycles. The van der Waals surface area contributed by atoms with Crippen molar-refractivity contribution in [2.24, 2.45) is 0 Å². The zero-order valence-electron chi connectivity index (χ0n) is 13.1. The second-order valence-electron chi connectivity index (χ2n) is 4.94. The maximum absolute atomic E-state index is 12.5. The molecule has 0 aliphatic carbocycles. The summed E-state index contributed by atoms with van der Waals surface area (Å²) in [5.74, 6) is -0.305. The largest absolute Gasteiger partial charge is 0.497 e. The summed E-state index contributed by atoms with van der Waals surface area (Å²) in [6.45, 7) is 1.85. The number of sulfonamides is 1. The van der Waals surface area contributed by atoms with E-state index in [2.05, 4.69) is 9.51 Å². The highest BCUT2D eigenvalue weighted by Gasteiger charge is 2.20. The third kappa shape index (κ3) is 3.87. The topological polar surface area (TPSA) is 109 Å². The van der Waals surface area contributed by atoms with Crippen molar-refractivity contribution in [1.82, 2.24) is 0 Å². The molecular formula is C16H15N3O4S. The first-order chi connectivity index (χ1) is 11.4. The number of hydrogen-bond acceptors (Lipinski definition) is 4. The Morgan fingerprint density at radius 3 is 2.46 bits per heavy atom. The first kappa shape index (κ1) is 17.4. The number of ether oxygens (including phenoxy) is 1. The summed E-state index contributed by atoms with van der Waals surface area (Å²) in [6.07, 6.45) is 0.679. The van der Waals surface area contributed by atoms with Crippen molar-refractivity contribution in [3.05, 3.63) is 59.1 Å².